The van der Waals surface area contributed by atoms with Crippen molar-refractivity contribution in [3.05, 3.63) is 0 Å². The summed E-state index contributed by atoms with van der Waals surface area (Å²) >= 11 is 0. The number of rotatable bonds is 0. The van der Waals surface area contributed by atoms with Crippen molar-refractivity contribution in [3.63, 3.8) is 0 Å². The molecule has 2 aliphatic heterocycles. The van der Waals surface area contributed by atoms with Crippen LogP contribution in [0.4, 0.5) is 0 Å². The van der Waals surface area contributed by atoms with Crippen molar-refractivity contribution in [2.24, 2.45) is 5.92 Å². The fourth-order valence-corrected chi connectivity index (χ4v) is 2.10. The van der Waals surface area contributed by atoms with Crippen LogP contribution in [0.3, 0.4) is 0 Å². The molecule has 2 atom stereocenters. The predicted molar refractivity (Wildman–Crippen MR) is 40.0 cm³/mol. The van der Waals surface area contributed by atoms with E-state index in [2.05, 4.69) is 12.2 Å². The van der Waals surface area contributed by atoms with Crippen molar-refractivity contribution in [3.8, 4) is 0 Å². The van der Waals surface area contributed by atoms with Gasteiger partial charge in [0, 0.05) is 12.1 Å². The van der Waals surface area contributed by atoms with Crippen molar-refractivity contribution in [1.82, 2.24) is 5.32 Å². The van der Waals surface area contributed by atoms with E-state index >= 15 is 0 Å². The van der Waals surface area contributed by atoms with E-state index < -0.39 is 0 Å². The van der Waals surface area contributed by atoms with Crippen LogP contribution < -0.4 is 5.32 Å². The van der Waals surface area contributed by atoms with Gasteiger partial charge in [-0.05, 0) is 25.3 Å². The van der Waals surface area contributed by atoms with Gasteiger partial charge in [-0.1, -0.05) is 6.92 Å². The van der Waals surface area contributed by atoms with Crippen molar-refractivity contribution in [1.29, 1.82) is 0 Å². The minimum absolute atomic E-state index is 0.375. The van der Waals surface area contributed by atoms with E-state index in [1.54, 1.807) is 0 Å². The second kappa shape index (κ2) is 2.21. The molecular weight excluding hydrogens is 126 g/mol. The molecule has 0 radical (unpaired) electrons. The van der Waals surface area contributed by atoms with Crippen molar-refractivity contribution in [2.75, 3.05) is 19.8 Å². The highest BCUT2D eigenvalue weighted by atomic mass is 16.5. The average molecular weight is 141 g/mol. The van der Waals surface area contributed by atoms with Gasteiger partial charge in [0.2, 0.25) is 0 Å². The van der Waals surface area contributed by atoms with Crippen LogP contribution in [-0.2, 0) is 4.74 Å². The minimum Gasteiger partial charge on any atom is -0.379 e. The molecule has 2 saturated heterocycles. The first-order valence-corrected chi connectivity index (χ1v) is 4.16. The Hall–Kier alpha value is -0.0800. The summed E-state index contributed by atoms with van der Waals surface area (Å²) in [6.07, 6.45) is 2.54. The molecule has 0 saturated carbocycles. The fourth-order valence-electron chi connectivity index (χ4n) is 2.10. The van der Waals surface area contributed by atoms with Gasteiger partial charge in [-0.15, -0.1) is 0 Å². The first kappa shape index (κ1) is 6.62. The van der Waals surface area contributed by atoms with Gasteiger partial charge in [0.05, 0.1) is 6.61 Å². The van der Waals surface area contributed by atoms with Crippen LogP contribution in [0.1, 0.15) is 19.8 Å². The van der Waals surface area contributed by atoms with Crippen LogP contribution in [0.5, 0.6) is 0 Å². The van der Waals surface area contributed by atoms with Crippen LogP contribution in [0, 0.1) is 5.92 Å². The Kier molecular flexibility index (Phi) is 1.46. The molecule has 2 fully saturated rings. The smallest absolute Gasteiger partial charge is 0.0651 e. The summed E-state index contributed by atoms with van der Waals surface area (Å²) in [4.78, 5) is 0. The normalized spacial score (nSPS) is 47.1. The summed E-state index contributed by atoms with van der Waals surface area (Å²) in [7, 11) is 0. The summed E-state index contributed by atoms with van der Waals surface area (Å²) in [6.45, 7) is 5.41. The molecule has 10 heavy (non-hydrogen) atoms. The maximum Gasteiger partial charge on any atom is 0.0651 e. The van der Waals surface area contributed by atoms with Gasteiger partial charge in [0.15, 0.2) is 0 Å². The topological polar surface area (TPSA) is 21.3 Å². The first-order valence-electron chi connectivity index (χ1n) is 4.16. The van der Waals surface area contributed by atoms with E-state index in [0.717, 1.165) is 19.1 Å². The van der Waals surface area contributed by atoms with Crippen LogP contribution in [0.25, 0.3) is 0 Å². The molecule has 2 heteroatoms. The zero-order chi connectivity index (χ0) is 7.03. The van der Waals surface area contributed by atoms with E-state index in [4.69, 9.17) is 4.74 Å². The molecule has 0 amide bonds. The van der Waals surface area contributed by atoms with Gasteiger partial charge in [0.25, 0.3) is 0 Å². The molecule has 0 aromatic rings. The zero-order valence-electron chi connectivity index (χ0n) is 6.52. The molecule has 2 nitrogen and oxygen atoms in total. The highest BCUT2D eigenvalue weighted by Crippen LogP contribution is 2.33. The quantitative estimate of drug-likeness (QED) is 0.538. The molecule has 2 heterocycles. The SMILES string of the molecule is C[C@@H]1CCN[C@]12CCOC2. The van der Waals surface area contributed by atoms with E-state index in [-0.39, 0.29) is 0 Å². The third kappa shape index (κ3) is 0.789. The van der Waals surface area contributed by atoms with E-state index in [1.807, 2.05) is 0 Å². The number of hydrogen-bond acceptors (Lipinski definition) is 2. The standard InChI is InChI=1S/C8H15NO/c1-7-2-4-9-8(7)3-5-10-6-8/h7,9H,2-6H2,1H3/t7-,8+/m1/s1. The fraction of sp³-hybridized carbons (Fsp3) is 1.00. The van der Waals surface area contributed by atoms with Gasteiger partial charge >= 0.3 is 0 Å². The summed E-state index contributed by atoms with van der Waals surface area (Å²) in [5, 5.41) is 3.56. The Morgan fingerprint density at radius 3 is 3.00 bits per heavy atom. The summed E-state index contributed by atoms with van der Waals surface area (Å²) in [5.74, 6) is 0.815. The molecule has 0 aliphatic carbocycles. The Balaban J connectivity index is 2.11. The van der Waals surface area contributed by atoms with Gasteiger partial charge < -0.3 is 10.1 Å². The molecule has 0 aromatic carbocycles. The Morgan fingerprint density at radius 1 is 1.60 bits per heavy atom. The number of hydrogen-bond donors (Lipinski definition) is 1. The third-order valence-corrected chi connectivity index (χ3v) is 3.05. The van der Waals surface area contributed by atoms with Gasteiger partial charge in [-0.25, -0.2) is 0 Å². The second-order valence-corrected chi connectivity index (χ2v) is 3.58. The molecule has 2 aliphatic rings. The lowest BCUT2D eigenvalue weighted by atomic mass is 9.86. The molecule has 2 rings (SSSR count). The van der Waals surface area contributed by atoms with Gasteiger partial charge in [0.1, 0.15) is 0 Å². The third-order valence-electron chi connectivity index (χ3n) is 3.05. The average Bonchev–Trinajstić information content (AvgIpc) is 2.48. The predicted octanol–water partition coefficient (Wildman–Crippen LogP) is 0.775. The van der Waals surface area contributed by atoms with Crippen molar-refractivity contribution in [2.45, 2.75) is 25.3 Å². The van der Waals surface area contributed by atoms with Crippen LogP contribution in [0.2, 0.25) is 0 Å². The maximum atomic E-state index is 5.39. The van der Waals surface area contributed by atoms with E-state index in [1.165, 1.54) is 19.4 Å². The minimum atomic E-state index is 0.375. The van der Waals surface area contributed by atoms with Gasteiger partial charge in [-0.3, -0.25) is 0 Å². The zero-order valence-corrected chi connectivity index (χ0v) is 6.52. The molecule has 0 unspecified atom stereocenters. The number of nitrogens with one attached hydrogen (secondary N) is 1. The second-order valence-electron chi connectivity index (χ2n) is 3.58. The monoisotopic (exact) mass is 141 g/mol. The summed E-state index contributed by atoms with van der Waals surface area (Å²) in [5.41, 5.74) is 0.375. The summed E-state index contributed by atoms with van der Waals surface area (Å²) < 4.78 is 5.39. The largest absolute Gasteiger partial charge is 0.379 e. The first-order chi connectivity index (χ1) is 4.83. The number of ether oxygens (including phenoxy) is 1. The molecular formula is C8H15NO. The molecule has 0 aromatic heterocycles. The van der Waals surface area contributed by atoms with Crippen molar-refractivity contribution >= 4 is 0 Å². The Labute approximate surface area is 61.9 Å². The molecule has 58 valence electrons. The lowest BCUT2D eigenvalue weighted by molar-refractivity contribution is 0.160. The van der Waals surface area contributed by atoms with Crippen molar-refractivity contribution < 1.29 is 4.74 Å². The molecule has 1 spiro atoms. The highest BCUT2D eigenvalue weighted by molar-refractivity contribution is 5.00. The van der Waals surface area contributed by atoms with E-state index in [0.29, 0.717) is 5.54 Å². The Bertz CT molecular complexity index is 124. The van der Waals surface area contributed by atoms with Crippen LogP contribution in [-0.4, -0.2) is 25.3 Å². The Morgan fingerprint density at radius 2 is 2.50 bits per heavy atom. The maximum absolute atomic E-state index is 5.39. The van der Waals surface area contributed by atoms with Crippen LogP contribution >= 0.6 is 0 Å². The van der Waals surface area contributed by atoms with Gasteiger partial charge in [-0.2, -0.15) is 0 Å². The summed E-state index contributed by atoms with van der Waals surface area (Å²) in [6, 6.07) is 0. The van der Waals surface area contributed by atoms with Crippen LogP contribution in [0.15, 0.2) is 0 Å². The highest BCUT2D eigenvalue weighted by Gasteiger charge is 2.42. The molecule has 0 bridgehead atoms. The molecule has 1 N–H and O–H groups in total. The lowest BCUT2D eigenvalue weighted by Gasteiger charge is -2.26. The van der Waals surface area contributed by atoms with E-state index in [9.17, 15) is 0 Å². The lowest BCUT2D eigenvalue weighted by Crippen LogP contribution is -2.44.